The van der Waals surface area contributed by atoms with Gasteiger partial charge in [0, 0.05) is 20.2 Å². The number of nitrogens with zero attached hydrogens (tertiary/aromatic N) is 2. The number of anilines is 1. The van der Waals surface area contributed by atoms with E-state index in [4.69, 9.17) is 10.00 Å². The first-order chi connectivity index (χ1) is 7.72. The van der Waals surface area contributed by atoms with Gasteiger partial charge in [0.1, 0.15) is 6.07 Å². The number of likely N-dealkylation sites (N-methyl/N-ethyl adjacent to an activating group) is 1. The van der Waals surface area contributed by atoms with Crippen molar-refractivity contribution in [2.24, 2.45) is 0 Å². The molecule has 0 fully saturated rings. The zero-order chi connectivity index (χ0) is 12.0. The fourth-order valence-electron chi connectivity index (χ4n) is 1.65. The molecule has 0 aliphatic rings. The number of methoxy groups -OCH3 is 1. The number of rotatable bonds is 5. The molecule has 1 aromatic rings. The molecule has 0 saturated carbocycles. The smallest absolute Gasteiger partial charge is 0.101 e. The Bertz CT molecular complexity index is 382. The molecule has 0 unspecified atom stereocenters. The second-order valence-corrected chi connectivity index (χ2v) is 3.70. The van der Waals surface area contributed by atoms with Gasteiger partial charge < -0.3 is 9.64 Å². The van der Waals surface area contributed by atoms with E-state index >= 15 is 0 Å². The molecule has 3 heteroatoms. The summed E-state index contributed by atoms with van der Waals surface area (Å²) in [5.41, 5.74) is 2.90. The predicted octanol–water partition coefficient (Wildman–Crippen LogP) is 2.34. The second kappa shape index (κ2) is 6.14. The molecule has 0 spiro atoms. The molecule has 1 rings (SSSR count). The standard InChI is InChI=1S/C13H18N2O/c1-4-15(7-8-16-3)13-9-11(2)5-6-12(13)10-14/h5-6,9H,4,7-8H2,1-3H3. The molecule has 86 valence electrons. The summed E-state index contributed by atoms with van der Waals surface area (Å²) in [5, 5.41) is 9.07. The molecule has 0 aromatic heterocycles. The highest BCUT2D eigenvalue weighted by Gasteiger charge is 2.09. The lowest BCUT2D eigenvalue weighted by Crippen LogP contribution is -2.27. The van der Waals surface area contributed by atoms with Gasteiger partial charge in [-0.15, -0.1) is 0 Å². The largest absolute Gasteiger partial charge is 0.383 e. The van der Waals surface area contributed by atoms with E-state index in [1.165, 1.54) is 5.56 Å². The van der Waals surface area contributed by atoms with Gasteiger partial charge in [-0.1, -0.05) is 6.07 Å². The molecule has 16 heavy (non-hydrogen) atoms. The van der Waals surface area contributed by atoms with Gasteiger partial charge in [-0.25, -0.2) is 0 Å². The summed E-state index contributed by atoms with van der Waals surface area (Å²) >= 11 is 0. The van der Waals surface area contributed by atoms with E-state index in [-0.39, 0.29) is 0 Å². The van der Waals surface area contributed by atoms with Gasteiger partial charge in [0.25, 0.3) is 0 Å². The third kappa shape index (κ3) is 2.98. The molecule has 0 bridgehead atoms. The molecule has 0 atom stereocenters. The summed E-state index contributed by atoms with van der Waals surface area (Å²) in [7, 11) is 1.69. The molecular formula is C13H18N2O. The summed E-state index contributed by atoms with van der Waals surface area (Å²) in [6, 6.07) is 8.12. The van der Waals surface area contributed by atoms with Gasteiger partial charge in [-0.2, -0.15) is 5.26 Å². The van der Waals surface area contributed by atoms with Crippen LogP contribution >= 0.6 is 0 Å². The lowest BCUT2D eigenvalue weighted by atomic mass is 10.1. The van der Waals surface area contributed by atoms with Crippen molar-refractivity contribution in [1.29, 1.82) is 5.26 Å². The quantitative estimate of drug-likeness (QED) is 0.761. The molecule has 0 radical (unpaired) electrons. The Balaban J connectivity index is 2.98. The SMILES string of the molecule is CCN(CCOC)c1cc(C)ccc1C#N. The highest BCUT2D eigenvalue weighted by atomic mass is 16.5. The Morgan fingerprint density at radius 2 is 2.19 bits per heavy atom. The van der Waals surface area contributed by atoms with Crippen LogP contribution in [-0.4, -0.2) is 26.8 Å². The number of ether oxygens (including phenoxy) is 1. The van der Waals surface area contributed by atoms with E-state index in [0.29, 0.717) is 6.61 Å². The summed E-state index contributed by atoms with van der Waals surface area (Å²) in [5.74, 6) is 0. The van der Waals surface area contributed by atoms with Gasteiger partial charge in [-0.05, 0) is 31.5 Å². The fourth-order valence-corrected chi connectivity index (χ4v) is 1.65. The van der Waals surface area contributed by atoms with Crippen molar-refractivity contribution in [3.05, 3.63) is 29.3 Å². The number of benzene rings is 1. The highest BCUT2D eigenvalue weighted by Crippen LogP contribution is 2.21. The monoisotopic (exact) mass is 218 g/mol. The third-order valence-electron chi connectivity index (χ3n) is 2.56. The fraction of sp³-hybridized carbons (Fsp3) is 0.462. The van der Waals surface area contributed by atoms with Gasteiger partial charge in [-0.3, -0.25) is 0 Å². The van der Waals surface area contributed by atoms with Crippen molar-refractivity contribution in [1.82, 2.24) is 0 Å². The third-order valence-corrected chi connectivity index (χ3v) is 2.56. The molecule has 0 heterocycles. The van der Waals surface area contributed by atoms with Crippen molar-refractivity contribution in [2.75, 3.05) is 31.7 Å². The molecule has 0 N–H and O–H groups in total. The van der Waals surface area contributed by atoms with Crippen LogP contribution in [0.3, 0.4) is 0 Å². The Kier molecular flexibility index (Phi) is 4.81. The number of hydrogen-bond donors (Lipinski definition) is 0. The maximum Gasteiger partial charge on any atom is 0.101 e. The van der Waals surface area contributed by atoms with Crippen LogP contribution in [0.15, 0.2) is 18.2 Å². The maximum atomic E-state index is 9.07. The summed E-state index contributed by atoms with van der Waals surface area (Å²) in [6.07, 6.45) is 0. The van der Waals surface area contributed by atoms with Gasteiger partial charge in [0.2, 0.25) is 0 Å². The molecule has 0 amide bonds. The Labute approximate surface area is 97.3 Å². The summed E-state index contributed by atoms with van der Waals surface area (Å²) in [6.45, 7) is 6.48. The van der Waals surface area contributed by atoms with E-state index in [9.17, 15) is 0 Å². The average Bonchev–Trinajstić information content (AvgIpc) is 2.30. The zero-order valence-electron chi connectivity index (χ0n) is 10.2. The van der Waals surface area contributed by atoms with E-state index in [1.54, 1.807) is 7.11 Å². The summed E-state index contributed by atoms with van der Waals surface area (Å²) < 4.78 is 5.07. The van der Waals surface area contributed by atoms with Crippen molar-refractivity contribution < 1.29 is 4.74 Å². The van der Waals surface area contributed by atoms with Crippen LogP contribution in [0.5, 0.6) is 0 Å². The Hall–Kier alpha value is -1.53. The molecule has 1 aromatic carbocycles. The number of hydrogen-bond acceptors (Lipinski definition) is 3. The molecule has 0 saturated heterocycles. The van der Waals surface area contributed by atoms with Crippen molar-refractivity contribution >= 4 is 5.69 Å². The molecule has 0 aliphatic carbocycles. The van der Waals surface area contributed by atoms with Crippen molar-refractivity contribution in [3.63, 3.8) is 0 Å². The first kappa shape index (κ1) is 12.5. The molecule has 0 aliphatic heterocycles. The average molecular weight is 218 g/mol. The van der Waals surface area contributed by atoms with Crippen LogP contribution in [0.25, 0.3) is 0 Å². The highest BCUT2D eigenvalue weighted by molar-refractivity contribution is 5.60. The lowest BCUT2D eigenvalue weighted by Gasteiger charge is -2.24. The number of aryl methyl sites for hydroxylation is 1. The first-order valence-corrected chi connectivity index (χ1v) is 5.47. The van der Waals surface area contributed by atoms with Crippen LogP contribution in [0.1, 0.15) is 18.1 Å². The van der Waals surface area contributed by atoms with Crippen LogP contribution in [0, 0.1) is 18.3 Å². The van der Waals surface area contributed by atoms with Crippen LogP contribution in [0.2, 0.25) is 0 Å². The van der Waals surface area contributed by atoms with Gasteiger partial charge >= 0.3 is 0 Å². The van der Waals surface area contributed by atoms with E-state index < -0.39 is 0 Å². The van der Waals surface area contributed by atoms with Gasteiger partial charge in [0.15, 0.2) is 0 Å². The zero-order valence-corrected chi connectivity index (χ0v) is 10.2. The van der Waals surface area contributed by atoms with Crippen molar-refractivity contribution in [3.8, 4) is 6.07 Å². The Morgan fingerprint density at radius 1 is 1.44 bits per heavy atom. The molecular weight excluding hydrogens is 200 g/mol. The topological polar surface area (TPSA) is 36.3 Å². The minimum absolute atomic E-state index is 0.673. The normalized spacial score (nSPS) is 9.88. The van der Waals surface area contributed by atoms with Crippen LogP contribution in [0.4, 0.5) is 5.69 Å². The van der Waals surface area contributed by atoms with Gasteiger partial charge in [0.05, 0.1) is 17.9 Å². The second-order valence-electron chi connectivity index (χ2n) is 3.70. The van der Waals surface area contributed by atoms with Crippen molar-refractivity contribution in [2.45, 2.75) is 13.8 Å². The lowest BCUT2D eigenvalue weighted by molar-refractivity contribution is 0.205. The minimum atomic E-state index is 0.673. The minimum Gasteiger partial charge on any atom is -0.383 e. The molecule has 3 nitrogen and oxygen atoms in total. The predicted molar refractivity (Wildman–Crippen MR) is 65.7 cm³/mol. The van der Waals surface area contributed by atoms with E-state index in [2.05, 4.69) is 24.0 Å². The van der Waals surface area contributed by atoms with E-state index in [1.807, 2.05) is 19.1 Å². The first-order valence-electron chi connectivity index (χ1n) is 5.47. The van der Waals surface area contributed by atoms with Crippen LogP contribution < -0.4 is 4.90 Å². The van der Waals surface area contributed by atoms with Crippen LogP contribution in [-0.2, 0) is 4.74 Å². The summed E-state index contributed by atoms with van der Waals surface area (Å²) in [4.78, 5) is 2.16. The Morgan fingerprint density at radius 3 is 2.75 bits per heavy atom. The number of nitriles is 1. The maximum absolute atomic E-state index is 9.07. The van der Waals surface area contributed by atoms with E-state index in [0.717, 1.165) is 24.3 Å².